The third-order valence-electron chi connectivity index (χ3n) is 2.59. The van der Waals surface area contributed by atoms with Gasteiger partial charge in [-0.05, 0) is 17.7 Å². The van der Waals surface area contributed by atoms with Crippen molar-refractivity contribution in [3.63, 3.8) is 0 Å². The minimum atomic E-state index is -0.763. The highest BCUT2D eigenvalue weighted by Gasteiger charge is 2.08. The van der Waals surface area contributed by atoms with Crippen molar-refractivity contribution in [2.45, 2.75) is 11.9 Å². The first-order chi connectivity index (χ1) is 9.10. The number of aliphatic hydroxyl groups is 2. The highest BCUT2D eigenvalue weighted by molar-refractivity contribution is 7.98. The molecule has 2 rings (SSSR count). The molecule has 0 spiro atoms. The molecule has 19 heavy (non-hydrogen) atoms. The Morgan fingerprint density at radius 3 is 2.84 bits per heavy atom. The number of benzene rings is 1. The van der Waals surface area contributed by atoms with E-state index >= 15 is 0 Å². The monoisotopic (exact) mass is 282 g/mol. The Morgan fingerprint density at radius 1 is 1.32 bits per heavy atom. The smallest absolute Gasteiger partial charge is 0.336 e. The van der Waals surface area contributed by atoms with Crippen molar-refractivity contribution in [1.29, 1.82) is 0 Å². The fourth-order valence-corrected chi connectivity index (χ4v) is 2.65. The van der Waals surface area contributed by atoms with Gasteiger partial charge in [-0.2, -0.15) is 11.8 Å². The van der Waals surface area contributed by atoms with E-state index in [1.54, 1.807) is 6.07 Å². The maximum Gasteiger partial charge on any atom is 0.336 e. The summed E-state index contributed by atoms with van der Waals surface area (Å²) >= 11 is 1.41. The molecule has 0 saturated carbocycles. The summed E-state index contributed by atoms with van der Waals surface area (Å²) in [5.41, 5.74) is 0.642. The summed E-state index contributed by atoms with van der Waals surface area (Å²) in [7, 11) is 0. The number of phenols is 1. The molecule has 1 heterocycles. The normalized spacial score (nSPS) is 12.7. The topological polar surface area (TPSA) is 90.9 Å². The lowest BCUT2D eigenvalue weighted by Gasteiger charge is -2.08. The van der Waals surface area contributed by atoms with Crippen molar-refractivity contribution in [3.8, 4) is 5.75 Å². The first-order valence-electron chi connectivity index (χ1n) is 5.72. The summed E-state index contributed by atoms with van der Waals surface area (Å²) in [5, 5.41) is 28.1. The molecule has 1 aromatic carbocycles. The average molecular weight is 282 g/mol. The molecule has 0 radical (unpaired) electrons. The standard InChI is InChI=1S/C13H14O5S/c14-5-10(16)7-19-6-8-3-13(17)18-12-4-9(15)1-2-11(8)12/h1-4,10,14-16H,5-7H2. The minimum absolute atomic E-state index is 0.0381. The maximum atomic E-state index is 11.4. The van der Waals surface area contributed by atoms with Gasteiger partial charge >= 0.3 is 5.63 Å². The van der Waals surface area contributed by atoms with Crippen LogP contribution in [0.2, 0.25) is 0 Å². The van der Waals surface area contributed by atoms with E-state index in [4.69, 9.17) is 9.52 Å². The molecule has 1 aromatic heterocycles. The van der Waals surface area contributed by atoms with Crippen molar-refractivity contribution in [1.82, 2.24) is 0 Å². The fraction of sp³-hybridized carbons (Fsp3) is 0.308. The number of rotatable bonds is 5. The Balaban J connectivity index is 2.24. The van der Waals surface area contributed by atoms with E-state index in [1.807, 2.05) is 0 Å². The summed E-state index contributed by atoms with van der Waals surface area (Å²) < 4.78 is 5.02. The predicted molar refractivity (Wildman–Crippen MR) is 73.4 cm³/mol. The Kier molecular flexibility index (Phi) is 4.47. The molecule has 1 atom stereocenters. The number of phenolic OH excluding ortho intramolecular Hbond substituents is 1. The predicted octanol–water partition coefficient (Wildman–Crippen LogP) is 1.08. The molecule has 3 N–H and O–H groups in total. The zero-order valence-electron chi connectivity index (χ0n) is 10.1. The van der Waals surface area contributed by atoms with Crippen LogP contribution in [0.4, 0.5) is 0 Å². The third-order valence-corrected chi connectivity index (χ3v) is 3.73. The van der Waals surface area contributed by atoms with Crippen LogP contribution in [0.1, 0.15) is 5.56 Å². The molecule has 6 heteroatoms. The van der Waals surface area contributed by atoms with E-state index in [0.717, 1.165) is 10.9 Å². The van der Waals surface area contributed by atoms with E-state index < -0.39 is 11.7 Å². The Bertz CT molecular complexity index is 622. The molecule has 5 nitrogen and oxygen atoms in total. The molecule has 0 bridgehead atoms. The van der Waals surface area contributed by atoms with Gasteiger partial charge in [-0.3, -0.25) is 0 Å². The number of thioether (sulfide) groups is 1. The molecular formula is C13H14O5S. The second kappa shape index (κ2) is 6.10. The summed E-state index contributed by atoms with van der Waals surface area (Å²) in [6.45, 7) is -0.279. The van der Waals surface area contributed by atoms with Gasteiger partial charge in [-0.25, -0.2) is 4.79 Å². The summed E-state index contributed by atoms with van der Waals surface area (Å²) in [6, 6.07) is 6.01. The lowest BCUT2D eigenvalue weighted by molar-refractivity contribution is 0.113. The Morgan fingerprint density at radius 2 is 2.11 bits per heavy atom. The van der Waals surface area contributed by atoms with Crippen molar-refractivity contribution >= 4 is 22.7 Å². The van der Waals surface area contributed by atoms with Crippen LogP contribution in [0.5, 0.6) is 5.75 Å². The molecular weight excluding hydrogens is 268 g/mol. The number of hydrogen-bond acceptors (Lipinski definition) is 6. The third kappa shape index (κ3) is 3.50. The van der Waals surface area contributed by atoms with Gasteiger partial charge in [0, 0.05) is 29.0 Å². The molecule has 0 saturated heterocycles. The van der Waals surface area contributed by atoms with Gasteiger partial charge in [0.2, 0.25) is 0 Å². The van der Waals surface area contributed by atoms with E-state index in [2.05, 4.69) is 0 Å². The van der Waals surface area contributed by atoms with Gasteiger partial charge < -0.3 is 19.7 Å². The van der Waals surface area contributed by atoms with Crippen molar-refractivity contribution < 1.29 is 19.7 Å². The molecule has 0 aliphatic heterocycles. The van der Waals surface area contributed by atoms with Crippen LogP contribution >= 0.6 is 11.8 Å². The lowest BCUT2D eigenvalue weighted by Crippen LogP contribution is -2.14. The van der Waals surface area contributed by atoms with E-state index in [1.165, 1.54) is 30.0 Å². The molecule has 0 aliphatic rings. The Hall–Kier alpha value is -1.50. The van der Waals surface area contributed by atoms with Gasteiger partial charge in [-0.15, -0.1) is 0 Å². The highest BCUT2D eigenvalue weighted by atomic mass is 32.2. The molecule has 2 aromatic rings. The van der Waals surface area contributed by atoms with Crippen LogP contribution in [0.3, 0.4) is 0 Å². The number of aromatic hydroxyl groups is 1. The van der Waals surface area contributed by atoms with E-state index in [0.29, 0.717) is 17.1 Å². The summed E-state index contributed by atoms with van der Waals surface area (Å²) in [6.07, 6.45) is -0.763. The highest BCUT2D eigenvalue weighted by Crippen LogP contribution is 2.24. The van der Waals surface area contributed by atoms with Crippen LogP contribution < -0.4 is 5.63 Å². The average Bonchev–Trinajstić information content (AvgIpc) is 2.37. The second-order valence-electron chi connectivity index (χ2n) is 4.12. The first kappa shape index (κ1) is 13.9. The SMILES string of the molecule is O=c1cc(CSCC(O)CO)c2ccc(O)cc2o1. The van der Waals surface area contributed by atoms with Gasteiger partial charge in [0.15, 0.2) is 0 Å². The van der Waals surface area contributed by atoms with Crippen LogP contribution in [0.25, 0.3) is 11.0 Å². The van der Waals surface area contributed by atoms with Crippen molar-refractivity contribution in [3.05, 3.63) is 40.2 Å². The van der Waals surface area contributed by atoms with Gasteiger partial charge in [0.1, 0.15) is 11.3 Å². The van der Waals surface area contributed by atoms with E-state index in [-0.39, 0.29) is 12.4 Å². The molecule has 1 unspecified atom stereocenters. The fourth-order valence-electron chi connectivity index (χ4n) is 1.70. The van der Waals surface area contributed by atoms with Crippen molar-refractivity contribution in [2.24, 2.45) is 0 Å². The number of aliphatic hydroxyl groups excluding tert-OH is 2. The lowest BCUT2D eigenvalue weighted by atomic mass is 10.1. The van der Waals surface area contributed by atoms with Crippen LogP contribution in [0, 0.1) is 0 Å². The zero-order valence-corrected chi connectivity index (χ0v) is 10.9. The maximum absolute atomic E-state index is 11.4. The van der Waals surface area contributed by atoms with Gasteiger partial charge in [-0.1, -0.05) is 0 Å². The van der Waals surface area contributed by atoms with Gasteiger partial charge in [0.25, 0.3) is 0 Å². The number of hydrogen-bond donors (Lipinski definition) is 3. The Labute approximate surface area is 113 Å². The molecule has 0 aliphatic carbocycles. The minimum Gasteiger partial charge on any atom is -0.508 e. The quantitative estimate of drug-likeness (QED) is 0.711. The second-order valence-corrected chi connectivity index (χ2v) is 5.15. The van der Waals surface area contributed by atoms with E-state index in [9.17, 15) is 15.0 Å². The molecule has 0 fully saturated rings. The summed E-state index contributed by atoms with van der Waals surface area (Å²) in [5.74, 6) is 0.941. The van der Waals surface area contributed by atoms with Crippen LogP contribution in [-0.2, 0) is 5.75 Å². The largest absolute Gasteiger partial charge is 0.508 e. The van der Waals surface area contributed by atoms with Crippen molar-refractivity contribution in [2.75, 3.05) is 12.4 Å². The molecule has 102 valence electrons. The summed E-state index contributed by atoms with van der Waals surface area (Å²) in [4.78, 5) is 11.4. The van der Waals surface area contributed by atoms with Crippen LogP contribution in [0.15, 0.2) is 33.5 Å². The molecule has 0 amide bonds. The van der Waals surface area contributed by atoms with Gasteiger partial charge in [0.05, 0.1) is 12.7 Å². The zero-order chi connectivity index (χ0) is 13.8. The first-order valence-corrected chi connectivity index (χ1v) is 6.88. The van der Waals surface area contributed by atoms with Crippen LogP contribution in [-0.4, -0.2) is 33.8 Å². The number of fused-ring (bicyclic) bond motifs is 1.